The highest BCUT2D eigenvalue weighted by atomic mass is 16.5. The van der Waals surface area contributed by atoms with Gasteiger partial charge in [-0.3, -0.25) is 4.90 Å². The van der Waals surface area contributed by atoms with Crippen molar-refractivity contribution < 1.29 is 9.53 Å². The molecule has 3 aromatic carbocycles. The lowest BCUT2D eigenvalue weighted by molar-refractivity contribution is 0.188. The molecule has 4 nitrogen and oxygen atoms in total. The predicted molar refractivity (Wildman–Crippen MR) is 158 cm³/mol. The van der Waals surface area contributed by atoms with E-state index in [0.29, 0.717) is 12.5 Å². The van der Waals surface area contributed by atoms with Crippen LogP contribution in [0.3, 0.4) is 0 Å². The van der Waals surface area contributed by atoms with Gasteiger partial charge in [-0.05, 0) is 90.8 Å². The Bertz CT molecular complexity index is 1230. The Labute approximate surface area is 228 Å². The number of carbonyl (C=O) groups excluding carboxylic acids is 1. The van der Waals surface area contributed by atoms with E-state index >= 15 is 0 Å². The molecule has 0 aromatic heterocycles. The van der Waals surface area contributed by atoms with Gasteiger partial charge in [-0.2, -0.15) is 0 Å². The Balaban J connectivity index is 1.35. The van der Waals surface area contributed by atoms with Crippen molar-refractivity contribution in [1.29, 1.82) is 0 Å². The first kappa shape index (κ1) is 26.3. The number of benzene rings is 3. The SMILES string of the molecule is CCCc1ccccc1NC(=O)N1CC(CC)Oc2cc(-c3ccc(C4CCC(CC)CC4)cc3)ccc21. The molecule has 4 heteroatoms. The summed E-state index contributed by atoms with van der Waals surface area (Å²) in [6.45, 7) is 7.13. The number of aryl methyl sites for hydroxylation is 1. The van der Waals surface area contributed by atoms with E-state index in [0.717, 1.165) is 47.9 Å². The maximum atomic E-state index is 13.5. The standard InChI is InChI=1S/C34H42N2O2/c1-4-9-28-10-7-8-11-31(28)35-34(37)36-23-30(6-3)38-33-22-29(20-21-32(33)36)27-18-16-26(17-19-27)25-14-12-24(5-2)13-15-25/h7-8,10-11,16-22,24-25,30H,4-6,9,12-15,23H2,1-3H3,(H,35,37). The second-order valence-electron chi connectivity index (χ2n) is 11.0. The van der Waals surface area contributed by atoms with Gasteiger partial charge in [0.25, 0.3) is 0 Å². The van der Waals surface area contributed by atoms with Crippen molar-refractivity contribution in [1.82, 2.24) is 0 Å². The molecule has 0 saturated heterocycles. The van der Waals surface area contributed by atoms with Gasteiger partial charge in [-0.25, -0.2) is 4.79 Å². The van der Waals surface area contributed by atoms with Gasteiger partial charge in [-0.15, -0.1) is 0 Å². The van der Waals surface area contributed by atoms with Crippen LogP contribution in [0.4, 0.5) is 16.2 Å². The molecule has 38 heavy (non-hydrogen) atoms. The molecule has 0 radical (unpaired) electrons. The largest absolute Gasteiger partial charge is 0.486 e. The molecular formula is C34H42N2O2. The zero-order chi connectivity index (χ0) is 26.5. The highest BCUT2D eigenvalue weighted by Gasteiger charge is 2.30. The third-order valence-corrected chi connectivity index (χ3v) is 8.55. The van der Waals surface area contributed by atoms with Crippen LogP contribution >= 0.6 is 0 Å². The predicted octanol–water partition coefficient (Wildman–Crippen LogP) is 9.20. The summed E-state index contributed by atoms with van der Waals surface area (Å²) in [6, 6.07) is 23.4. The van der Waals surface area contributed by atoms with E-state index in [1.165, 1.54) is 48.8 Å². The average Bonchev–Trinajstić information content (AvgIpc) is 2.97. The van der Waals surface area contributed by atoms with Gasteiger partial charge < -0.3 is 10.1 Å². The number of urea groups is 1. The number of para-hydroxylation sites is 1. The van der Waals surface area contributed by atoms with Gasteiger partial charge in [0.15, 0.2) is 0 Å². The van der Waals surface area contributed by atoms with Gasteiger partial charge in [0.1, 0.15) is 11.9 Å². The molecule has 2 amide bonds. The summed E-state index contributed by atoms with van der Waals surface area (Å²) in [5.41, 5.74) is 6.66. The van der Waals surface area contributed by atoms with Crippen LogP contribution in [-0.4, -0.2) is 18.7 Å². The first-order valence-corrected chi connectivity index (χ1v) is 14.7. The summed E-state index contributed by atoms with van der Waals surface area (Å²) in [5, 5.41) is 3.17. The molecule has 1 fully saturated rings. The number of carbonyl (C=O) groups is 1. The van der Waals surface area contributed by atoms with Crippen molar-refractivity contribution in [3.8, 4) is 16.9 Å². The summed E-state index contributed by atoms with van der Waals surface area (Å²) < 4.78 is 6.35. The lowest BCUT2D eigenvalue weighted by Gasteiger charge is -2.35. The number of nitrogens with one attached hydrogen (secondary N) is 1. The summed E-state index contributed by atoms with van der Waals surface area (Å²) in [4.78, 5) is 15.3. The Morgan fingerprint density at radius 3 is 2.34 bits per heavy atom. The lowest BCUT2D eigenvalue weighted by atomic mass is 9.77. The second-order valence-corrected chi connectivity index (χ2v) is 11.0. The summed E-state index contributed by atoms with van der Waals surface area (Å²) >= 11 is 0. The summed E-state index contributed by atoms with van der Waals surface area (Å²) in [6.07, 6.45) is 9.44. The highest BCUT2D eigenvalue weighted by molar-refractivity contribution is 6.03. The van der Waals surface area contributed by atoms with Crippen molar-refractivity contribution in [3.05, 3.63) is 77.9 Å². The first-order valence-electron chi connectivity index (χ1n) is 14.7. The minimum absolute atomic E-state index is 0.0324. The van der Waals surface area contributed by atoms with E-state index in [9.17, 15) is 4.79 Å². The van der Waals surface area contributed by atoms with E-state index < -0.39 is 0 Å². The van der Waals surface area contributed by atoms with E-state index in [2.05, 4.69) is 68.6 Å². The Hall–Kier alpha value is -3.27. The number of fused-ring (bicyclic) bond motifs is 1. The summed E-state index contributed by atoms with van der Waals surface area (Å²) in [7, 11) is 0. The number of rotatable bonds is 7. The first-order chi connectivity index (χ1) is 18.6. The van der Waals surface area contributed by atoms with Crippen LogP contribution in [0.15, 0.2) is 66.7 Å². The minimum Gasteiger partial charge on any atom is -0.486 e. The Morgan fingerprint density at radius 1 is 0.895 bits per heavy atom. The van der Waals surface area contributed by atoms with Gasteiger partial charge in [-0.1, -0.05) is 82.1 Å². The van der Waals surface area contributed by atoms with Crippen molar-refractivity contribution in [2.24, 2.45) is 5.92 Å². The molecule has 1 aliphatic heterocycles. The zero-order valence-electron chi connectivity index (χ0n) is 23.2. The molecule has 1 saturated carbocycles. The molecular weight excluding hydrogens is 468 g/mol. The maximum Gasteiger partial charge on any atom is 0.326 e. The van der Waals surface area contributed by atoms with Crippen LogP contribution in [0.1, 0.15) is 82.8 Å². The fraction of sp³-hybridized carbons (Fsp3) is 0.441. The number of anilines is 2. The highest BCUT2D eigenvalue weighted by Crippen LogP contribution is 2.40. The zero-order valence-corrected chi connectivity index (χ0v) is 23.2. The van der Waals surface area contributed by atoms with E-state index in [4.69, 9.17) is 4.74 Å². The van der Waals surface area contributed by atoms with Gasteiger partial charge in [0, 0.05) is 5.69 Å². The molecule has 0 spiro atoms. The van der Waals surface area contributed by atoms with E-state index in [1.54, 1.807) is 0 Å². The smallest absolute Gasteiger partial charge is 0.326 e. The van der Waals surface area contributed by atoms with Gasteiger partial charge in [0.05, 0.1) is 12.2 Å². The molecule has 1 aliphatic carbocycles. The van der Waals surface area contributed by atoms with E-state index in [-0.39, 0.29) is 12.1 Å². The topological polar surface area (TPSA) is 41.6 Å². The number of ether oxygens (including phenoxy) is 1. The number of hydrogen-bond acceptors (Lipinski definition) is 2. The van der Waals surface area contributed by atoms with Gasteiger partial charge >= 0.3 is 6.03 Å². The van der Waals surface area contributed by atoms with Crippen LogP contribution < -0.4 is 15.0 Å². The quantitative estimate of drug-likeness (QED) is 0.344. The van der Waals surface area contributed by atoms with Crippen LogP contribution in [0, 0.1) is 5.92 Å². The molecule has 5 rings (SSSR count). The molecule has 2 aliphatic rings. The van der Waals surface area contributed by atoms with E-state index in [1.807, 2.05) is 29.2 Å². The van der Waals surface area contributed by atoms with Gasteiger partial charge in [0.2, 0.25) is 0 Å². The van der Waals surface area contributed by atoms with Crippen LogP contribution in [-0.2, 0) is 6.42 Å². The molecule has 200 valence electrons. The molecule has 3 aromatic rings. The maximum absolute atomic E-state index is 13.5. The molecule has 1 unspecified atom stereocenters. The van der Waals surface area contributed by atoms with Crippen LogP contribution in [0.2, 0.25) is 0 Å². The monoisotopic (exact) mass is 510 g/mol. The van der Waals surface area contributed by atoms with Crippen LogP contribution in [0.5, 0.6) is 5.75 Å². The van der Waals surface area contributed by atoms with Crippen molar-refractivity contribution in [2.45, 2.75) is 84.2 Å². The minimum atomic E-state index is -0.105. The third-order valence-electron chi connectivity index (χ3n) is 8.55. The third kappa shape index (κ3) is 5.75. The second kappa shape index (κ2) is 12.1. The molecule has 1 heterocycles. The Morgan fingerprint density at radius 2 is 1.63 bits per heavy atom. The average molecular weight is 511 g/mol. The lowest BCUT2D eigenvalue weighted by Crippen LogP contribution is -2.45. The fourth-order valence-electron chi connectivity index (χ4n) is 6.10. The fourth-order valence-corrected chi connectivity index (χ4v) is 6.10. The van der Waals surface area contributed by atoms with Crippen molar-refractivity contribution in [3.63, 3.8) is 0 Å². The number of amides is 2. The summed E-state index contributed by atoms with van der Waals surface area (Å²) in [5.74, 6) is 2.39. The normalized spacial score (nSPS) is 20.9. The molecule has 0 bridgehead atoms. The number of hydrogen-bond donors (Lipinski definition) is 1. The van der Waals surface area contributed by atoms with Crippen molar-refractivity contribution in [2.75, 3.05) is 16.8 Å². The Kier molecular flexibility index (Phi) is 8.36. The van der Waals surface area contributed by atoms with Crippen LogP contribution in [0.25, 0.3) is 11.1 Å². The van der Waals surface area contributed by atoms with Crippen molar-refractivity contribution >= 4 is 17.4 Å². The molecule has 1 atom stereocenters. The molecule has 1 N–H and O–H groups in total. The number of nitrogens with zero attached hydrogens (tertiary/aromatic N) is 1.